The predicted molar refractivity (Wildman–Crippen MR) is 115 cm³/mol. The van der Waals surface area contributed by atoms with Crippen molar-refractivity contribution in [3.8, 4) is 0 Å². The van der Waals surface area contributed by atoms with Crippen LogP contribution in [0.5, 0.6) is 0 Å². The number of rotatable bonds is 10. The largest absolute Gasteiger partial charge is 0.300 e. The number of aryl methyl sites for hydroxylation is 4. The molecule has 0 bridgehead atoms. The van der Waals surface area contributed by atoms with Crippen LogP contribution in [0.15, 0.2) is 30.5 Å². The molecule has 1 aliphatic rings. The van der Waals surface area contributed by atoms with Crippen LogP contribution in [0.2, 0.25) is 0 Å². The van der Waals surface area contributed by atoms with Gasteiger partial charge in [-0.25, -0.2) is 0 Å². The number of aromatic nitrogens is 2. The zero-order valence-corrected chi connectivity index (χ0v) is 17.5. The Labute approximate surface area is 170 Å². The van der Waals surface area contributed by atoms with Crippen LogP contribution in [-0.2, 0) is 24.1 Å². The van der Waals surface area contributed by atoms with Crippen molar-refractivity contribution >= 4 is 5.78 Å². The molecule has 0 aliphatic heterocycles. The Morgan fingerprint density at radius 2 is 1.86 bits per heavy atom. The molecule has 2 heterocycles. The van der Waals surface area contributed by atoms with E-state index in [1.165, 1.54) is 67.5 Å². The molecule has 0 N–H and O–H groups in total. The SMILES string of the molecule is CC(=O)C[C@H](CCCCCCc1ccc2c(n1)CCCC2)c1ccc(C)nc1. The molecule has 1 atom stereocenters. The number of Topliss-reactive ketones (excluding diaryl/α,β-unsaturated/α-hetero) is 1. The molecule has 0 radical (unpaired) electrons. The fourth-order valence-electron chi connectivity index (χ4n) is 4.27. The molecule has 0 amide bonds. The number of pyridine rings is 2. The van der Waals surface area contributed by atoms with Crippen LogP contribution in [0, 0.1) is 6.92 Å². The summed E-state index contributed by atoms with van der Waals surface area (Å²) in [5.74, 6) is 0.581. The van der Waals surface area contributed by atoms with Crippen molar-refractivity contribution in [2.75, 3.05) is 0 Å². The van der Waals surface area contributed by atoms with Gasteiger partial charge in [0, 0.05) is 29.7 Å². The van der Waals surface area contributed by atoms with Crippen molar-refractivity contribution in [1.29, 1.82) is 0 Å². The van der Waals surface area contributed by atoms with Crippen molar-refractivity contribution in [1.82, 2.24) is 9.97 Å². The highest BCUT2D eigenvalue weighted by Crippen LogP contribution is 2.26. The van der Waals surface area contributed by atoms with Gasteiger partial charge in [-0.05, 0) is 88.0 Å². The minimum absolute atomic E-state index is 0.268. The Balaban J connectivity index is 1.40. The van der Waals surface area contributed by atoms with E-state index in [0.717, 1.165) is 25.0 Å². The summed E-state index contributed by atoms with van der Waals surface area (Å²) in [5.41, 5.74) is 6.32. The lowest BCUT2D eigenvalue weighted by atomic mass is 9.89. The maximum Gasteiger partial charge on any atom is 0.130 e. The number of carbonyl (C=O) groups is 1. The highest BCUT2D eigenvalue weighted by atomic mass is 16.1. The van der Waals surface area contributed by atoms with Crippen molar-refractivity contribution in [3.05, 3.63) is 58.7 Å². The maximum absolute atomic E-state index is 11.7. The monoisotopic (exact) mass is 378 g/mol. The van der Waals surface area contributed by atoms with Crippen LogP contribution in [0.4, 0.5) is 0 Å². The van der Waals surface area contributed by atoms with Crippen LogP contribution in [-0.4, -0.2) is 15.8 Å². The zero-order valence-electron chi connectivity index (χ0n) is 17.5. The van der Waals surface area contributed by atoms with Crippen LogP contribution in [0.25, 0.3) is 0 Å². The number of fused-ring (bicyclic) bond motifs is 1. The Morgan fingerprint density at radius 1 is 1.04 bits per heavy atom. The van der Waals surface area contributed by atoms with Gasteiger partial charge >= 0.3 is 0 Å². The van der Waals surface area contributed by atoms with Gasteiger partial charge in [0.05, 0.1) is 0 Å². The minimum Gasteiger partial charge on any atom is -0.300 e. The quantitative estimate of drug-likeness (QED) is 0.482. The van der Waals surface area contributed by atoms with E-state index in [1.807, 2.05) is 19.2 Å². The lowest BCUT2D eigenvalue weighted by Gasteiger charge is -2.16. The number of carbonyl (C=O) groups excluding carboxylic acids is 1. The molecule has 150 valence electrons. The van der Waals surface area contributed by atoms with Crippen LogP contribution in [0.3, 0.4) is 0 Å². The molecule has 0 aromatic carbocycles. The van der Waals surface area contributed by atoms with Gasteiger partial charge in [-0.2, -0.15) is 0 Å². The first kappa shape index (κ1) is 20.7. The topological polar surface area (TPSA) is 42.9 Å². The van der Waals surface area contributed by atoms with Crippen molar-refractivity contribution < 1.29 is 4.79 Å². The van der Waals surface area contributed by atoms with Crippen molar-refractivity contribution in [2.45, 2.75) is 90.4 Å². The van der Waals surface area contributed by atoms with Gasteiger partial charge in [-0.1, -0.05) is 31.4 Å². The van der Waals surface area contributed by atoms with Crippen molar-refractivity contribution in [2.24, 2.45) is 0 Å². The summed E-state index contributed by atoms with van der Waals surface area (Å²) in [6.45, 7) is 3.70. The Hall–Kier alpha value is -2.03. The van der Waals surface area contributed by atoms with Gasteiger partial charge in [0.25, 0.3) is 0 Å². The molecule has 2 aromatic heterocycles. The average molecular weight is 379 g/mol. The molecule has 3 heteroatoms. The third-order valence-corrected chi connectivity index (χ3v) is 5.91. The second-order valence-electron chi connectivity index (χ2n) is 8.40. The van der Waals surface area contributed by atoms with Crippen molar-refractivity contribution in [3.63, 3.8) is 0 Å². The fraction of sp³-hybridized carbons (Fsp3) is 0.560. The van der Waals surface area contributed by atoms with E-state index in [-0.39, 0.29) is 5.78 Å². The molecule has 0 saturated heterocycles. The molecule has 3 rings (SSSR count). The number of hydrogen-bond donors (Lipinski definition) is 0. The summed E-state index contributed by atoms with van der Waals surface area (Å²) < 4.78 is 0. The maximum atomic E-state index is 11.7. The summed E-state index contributed by atoms with van der Waals surface area (Å²) in [7, 11) is 0. The summed E-state index contributed by atoms with van der Waals surface area (Å²) in [6, 6.07) is 8.72. The molecule has 28 heavy (non-hydrogen) atoms. The summed E-state index contributed by atoms with van der Waals surface area (Å²) in [4.78, 5) is 21.0. The highest BCUT2D eigenvalue weighted by molar-refractivity contribution is 5.76. The summed E-state index contributed by atoms with van der Waals surface area (Å²) >= 11 is 0. The Morgan fingerprint density at radius 3 is 2.64 bits per heavy atom. The lowest BCUT2D eigenvalue weighted by molar-refractivity contribution is -0.117. The number of ketones is 1. The second-order valence-corrected chi connectivity index (χ2v) is 8.40. The molecule has 3 nitrogen and oxygen atoms in total. The molecular weight excluding hydrogens is 344 g/mol. The van der Waals surface area contributed by atoms with E-state index in [9.17, 15) is 4.79 Å². The average Bonchev–Trinajstić information content (AvgIpc) is 2.70. The van der Waals surface area contributed by atoms with E-state index in [2.05, 4.69) is 23.2 Å². The number of unbranched alkanes of at least 4 members (excludes halogenated alkanes) is 3. The predicted octanol–water partition coefficient (Wildman–Crippen LogP) is 5.92. The molecule has 0 saturated carbocycles. The molecule has 0 spiro atoms. The van der Waals surface area contributed by atoms with Gasteiger partial charge in [0.15, 0.2) is 0 Å². The van der Waals surface area contributed by atoms with E-state index in [4.69, 9.17) is 4.98 Å². The van der Waals surface area contributed by atoms with Crippen LogP contribution >= 0.6 is 0 Å². The summed E-state index contributed by atoms with van der Waals surface area (Å²) in [5, 5.41) is 0. The number of nitrogens with zero attached hydrogens (tertiary/aromatic N) is 2. The Bertz CT molecular complexity index is 767. The fourth-order valence-corrected chi connectivity index (χ4v) is 4.27. The molecule has 2 aromatic rings. The highest BCUT2D eigenvalue weighted by Gasteiger charge is 2.14. The third kappa shape index (κ3) is 6.25. The van der Waals surface area contributed by atoms with Gasteiger partial charge in [-0.15, -0.1) is 0 Å². The normalized spacial score (nSPS) is 14.5. The van der Waals surface area contributed by atoms with Gasteiger partial charge in [0.1, 0.15) is 5.78 Å². The van der Waals surface area contributed by atoms with E-state index >= 15 is 0 Å². The first-order valence-corrected chi connectivity index (χ1v) is 11.0. The third-order valence-electron chi connectivity index (χ3n) is 5.91. The molecule has 1 aliphatic carbocycles. The first-order chi connectivity index (χ1) is 13.6. The minimum atomic E-state index is 0.268. The summed E-state index contributed by atoms with van der Waals surface area (Å²) in [6.07, 6.45) is 14.5. The van der Waals surface area contributed by atoms with E-state index in [1.54, 1.807) is 6.92 Å². The Kier molecular flexibility index (Phi) is 7.76. The second kappa shape index (κ2) is 10.5. The molecular formula is C25H34N2O. The first-order valence-electron chi connectivity index (χ1n) is 11.0. The van der Waals surface area contributed by atoms with E-state index in [0.29, 0.717) is 12.3 Å². The standard InChI is InChI=1S/C25H34N2O/c1-19-13-14-23(18-26-19)22(17-20(2)28)10-5-3-4-6-11-24-16-15-21-9-7-8-12-25(21)27-24/h13-16,18,22H,3-12,17H2,1-2H3/t22-/m0/s1. The van der Waals surface area contributed by atoms with Gasteiger partial charge in [-0.3, -0.25) is 9.97 Å². The van der Waals surface area contributed by atoms with E-state index < -0.39 is 0 Å². The molecule has 0 unspecified atom stereocenters. The number of hydrogen-bond acceptors (Lipinski definition) is 3. The molecule has 0 fully saturated rings. The van der Waals surface area contributed by atoms with Crippen LogP contribution < -0.4 is 0 Å². The van der Waals surface area contributed by atoms with Crippen LogP contribution in [0.1, 0.15) is 92.4 Å². The van der Waals surface area contributed by atoms with Gasteiger partial charge < -0.3 is 4.79 Å². The zero-order chi connectivity index (χ0) is 19.8. The lowest BCUT2D eigenvalue weighted by Crippen LogP contribution is -2.07. The van der Waals surface area contributed by atoms with Gasteiger partial charge in [0.2, 0.25) is 0 Å². The smallest absolute Gasteiger partial charge is 0.130 e.